The van der Waals surface area contributed by atoms with Crippen LogP contribution in [0.5, 0.6) is 5.75 Å². The molecule has 9 heteroatoms. The Morgan fingerprint density at radius 1 is 0.902 bits per heavy atom. The molecule has 5 rings (SSSR count). The van der Waals surface area contributed by atoms with Crippen LogP contribution in [0.3, 0.4) is 0 Å². The summed E-state index contributed by atoms with van der Waals surface area (Å²) in [5.74, 6) is 0.0351. The molecule has 0 aromatic heterocycles. The molecule has 4 aromatic rings. The lowest BCUT2D eigenvalue weighted by atomic mass is 10.2. The van der Waals surface area contributed by atoms with Crippen molar-refractivity contribution in [2.45, 2.75) is 13.8 Å². The highest BCUT2D eigenvalue weighted by Crippen LogP contribution is 2.37. The molecule has 1 aliphatic heterocycles. The van der Waals surface area contributed by atoms with E-state index < -0.39 is 0 Å². The minimum atomic E-state index is -0.334. The fourth-order valence-electron chi connectivity index (χ4n) is 3.93. The van der Waals surface area contributed by atoms with E-state index in [0.717, 1.165) is 28.1 Å². The molecule has 0 spiro atoms. The van der Waals surface area contributed by atoms with Gasteiger partial charge in [-0.15, -0.1) is 0 Å². The molecule has 0 radical (unpaired) electrons. The van der Waals surface area contributed by atoms with Crippen molar-refractivity contribution < 1.29 is 14.3 Å². The molecule has 6 nitrogen and oxygen atoms in total. The van der Waals surface area contributed by atoms with Crippen LogP contribution in [0, 0.1) is 13.8 Å². The van der Waals surface area contributed by atoms with E-state index in [2.05, 4.69) is 5.32 Å². The summed E-state index contributed by atoms with van der Waals surface area (Å²) in [5.41, 5.74) is 5.11. The van der Waals surface area contributed by atoms with Crippen molar-refractivity contribution in [1.29, 1.82) is 0 Å². The van der Waals surface area contributed by atoms with Crippen LogP contribution in [0.15, 0.2) is 101 Å². The number of carbonyl (C=O) groups excluding carboxylic acids is 2. The van der Waals surface area contributed by atoms with Crippen molar-refractivity contribution in [3.05, 3.63) is 123 Å². The Kier molecular flexibility index (Phi) is 8.78. The summed E-state index contributed by atoms with van der Waals surface area (Å²) in [6.45, 7) is 3.85. The Hall–Kier alpha value is -4.04. The molecule has 2 amide bonds. The van der Waals surface area contributed by atoms with Gasteiger partial charge in [-0.3, -0.25) is 14.5 Å². The van der Waals surface area contributed by atoms with Gasteiger partial charge in [-0.2, -0.15) is 0 Å². The second-order valence-corrected chi connectivity index (χ2v) is 11.2. The second-order valence-electron chi connectivity index (χ2n) is 9.35. The quantitative estimate of drug-likeness (QED) is 0.216. The molecular weight excluding hydrogens is 577 g/mol. The largest absolute Gasteiger partial charge is 0.484 e. The number of amidine groups is 1. The zero-order valence-electron chi connectivity index (χ0n) is 22.2. The Morgan fingerprint density at radius 3 is 2.22 bits per heavy atom. The minimum Gasteiger partial charge on any atom is -0.484 e. The molecular formula is C32H25Cl2N3O3S. The molecule has 0 bridgehead atoms. The van der Waals surface area contributed by atoms with E-state index in [4.69, 9.17) is 32.9 Å². The SMILES string of the molecule is Cc1ccc(N=C2S/C(=C/c3ccc(OCC(=O)Nc4ccc(Cl)c(Cl)c4)cc3)C(=O)N2c2ccc(C)cc2)cc1. The van der Waals surface area contributed by atoms with Gasteiger partial charge in [-0.1, -0.05) is 70.7 Å². The highest BCUT2D eigenvalue weighted by atomic mass is 35.5. The molecule has 1 aliphatic rings. The highest BCUT2D eigenvalue weighted by Gasteiger charge is 2.34. The van der Waals surface area contributed by atoms with Crippen molar-refractivity contribution in [2.24, 2.45) is 4.99 Å². The van der Waals surface area contributed by atoms with Gasteiger partial charge in [0.2, 0.25) is 0 Å². The summed E-state index contributed by atoms with van der Waals surface area (Å²) in [6.07, 6.45) is 1.83. The number of benzene rings is 4. The molecule has 0 saturated carbocycles. The van der Waals surface area contributed by atoms with Gasteiger partial charge in [0.05, 0.1) is 26.3 Å². The average molecular weight is 603 g/mol. The number of aliphatic imine (C=N–C) groups is 1. The number of carbonyl (C=O) groups is 2. The minimum absolute atomic E-state index is 0.149. The molecule has 0 aliphatic carbocycles. The molecule has 1 saturated heterocycles. The number of nitrogens with one attached hydrogen (secondary N) is 1. The first-order valence-corrected chi connectivity index (χ1v) is 14.3. The van der Waals surface area contributed by atoms with Gasteiger partial charge in [0.1, 0.15) is 5.75 Å². The van der Waals surface area contributed by atoms with E-state index in [-0.39, 0.29) is 18.4 Å². The fourth-order valence-corrected chi connectivity index (χ4v) is 5.23. The molecule has 4 aromatic carbocycles. The third-order valence-corrected chi connectivity index (χ3v) is 7.82. The first kappa shape index (κ1) is 28.5. The van der Waals surface area contributed by atoms with Crippen molar-refractivity contribution in [1.82, 2.24) is 0 Å². The van der Waals surface area contributed by atoms with Crippen molar-refractivity contribution in [3.8, 4) is 5.75 Å². The van der Waals surface area contributed by atoms with Gasteiger partial charge in [0.25, 0.3) is 11.8 Å². The van der Waals surface area contributed by atoms with Crippen LogP contribution >= 0.6 is 35.0 Å². The lowest BCUT2D eigenvalue weighted by Gasteiger charge is -2.16. The number of aryl methyl sites for hydroxylation is 2. The van der Waals surface area contributed by atoms with Crippen LogP contribution in [0.25, 0.3) is 6.08 Å². The number of rotatable bonds is 7. The van der Waals surface area contributed by atoms with Crippen LogP contribution < -0.4 is 15.0 Å². The van der Waals surface area contributed by atoms with E-state index in [1.54, 1.807) is 35.2 Å². The van der Waals surface area contributed by atoms with Gasteiger partial charge < -0.3 is 10.1 Å². The number of hydrogen-bond donors (Lipinski definition) is 1. The van der Waals surface area contributed by atoms with Crippen LogP contribution in [0.1, 0.15) is 16.7 Å². The van der Waals surface area contributed by atoms with Gasteiger partial charge in [-0.25, -0.2) is 4.99 Å². The summed E-state index contributed by atoms with van der Waals surface area (Å²) in [4.78, 5) is 32.8. The highest BCUT2D eigenvalue weighted by molar-refractivity contribution is 8.19. The summed E-state index contributed by atoms with van der Waals surface area (Å²) in [5, 5.41) is 4.06. The summed E-state index contributed by atoms with van der Waals surface area (Å²) in [7, 11) is 0. The molecule has 1 N–H and O–H groups in total. The number of nitrogens with zero attached hydrogens (tertiary/aromatic N) is 2. The smallest absolute Gasteiger partial charge is 0.271 e. The first-order valence-electron chi connectivity index (χ1n) is 12.7. The normalized spacial score (nSPS) is 15.0. The predicted molar refractivity (Wildman–Crippen MR) is 170 cm³/mol. The fraction of sp³-hybridized carbons (Fsp3) is 0.0938. The lowest BCUT2D eigenvalue weighted by Crippen LogP contribution is -2.28. The zero-order chi connectivity index (χ0) is 28.9. The molecule has 1 heterocycles. The van der Waals surface area contributed by atoms with E-state index >= 15 is 0 Å². The van der Waals surface area contributed by atoms with Crippen molar-refractivity contribution in [3.63, 3.8) is 0 Å². The van der Waals surface area contributed by atoms with Gasteiger partial charge in [0.15, 0.2) is 11.8 Å². The van der Waals surface area contributed by atoms with Crippen LogP contribution in [0.2, 0.25) is 10.0 Å². The average Bonchev–Trinajstić information content (AvgIpc) is 3.26. The molecule has 0 unspecified atom stereocenters. The van der Waals surface area contributed by atoms with Gasteiger partial charge in [-0.05, 0) is 91.8 Å². The Labute approximate surface area is 252 Å². The summed E-state index contributed by atoms with van der Waals surface area (Å²) >= 11 is 13.2. The maximum Gasteiger partial charge on any atom is 0.271 e. The van der Waals surface area contributed by atoms with Crippen LogP contribution in [-0.4, -0.2) is 23.6 Å². The first-order chi connectivity index (χ1) is 19.7. The van der Waals surface area contributed by atoms with Gasteiger partial charge >= 0.3 is 0 Å². The number of amides is 2. The van der Waals surface area contributed by atoms with Crippen LogP contribution in [-0.2, 0) is 9.59 Å². The monoisotopic (exact) mass is 601 g/mol. The molecule has 41 heavy (non-hydrogen) atoms. The molecule has 1 fully saturated rings. The number of anilines is 2. The number of hydrogen-bond acceptors (Lipinski definition) is 5. The Morgan fingerprint density at radius 2 is 1.56 bits per heavy atom. The topological polar surface area (TPSA) is 71.0 Å². The Bertz CT molecular complexity index is 1650. The van der Waals surface area contributed by atoms with E-state index in [1.165, 1.54) is 11.8 Å². The van der Waals surface area contributed by atoms with E-state index in [0.29, 0.717) is 31.6 Å². The summed E-state index contributed by atoms with van der Waals surface area (Å²) in [6, 6.07) is 27.7. The predicted octanol–water partition coefficient (Wildman–Crippen LogP) is 8.44. The number of halogens is 2. The maximum absolute atomic E-state index is 13.6. The summed E-state index contributed by atoms with van der Waals surface area (Å²) < 4.78 is 5.63. The number of thioether (sulfide) groups is 1. The molecule has 206 valence electrons. The Balaban J connectivity index is 1.30. The lowest BCUT2D eigenvalue weighted by molar-refractivity contribution is -0.118. The van der Waals surface area contributed by atoms with E-state index in [9.17, 15) is 9.59 Å². The van der Waals surface area contributed by atoms with E-state index in [1.807, 2.05) is 80.6 Å². The van der Waals surface area contributed by atoms with Crippen molar-refractivity contribution in [2.75, 3.05) is 16.8 Å². The van der Waals surface area contributed by atoms with Crippen LogP contribution in [0.4, 0.5) is 17.1 Å². The third kappa shape index (κ3) is 7.19. The third-order valence-electron chi connectivity index (χ3n) is 6.11. The number of ether oxygens (including phenoxy) is 1. The zero-order valence-corrected chi connectivity index (χ0v) is 24.6. The molecule has 0 atom stereocenters. The second kappa shape index (κ2) is 12.6. The van der Waals surface area contributed by atoms with Gasteiger partial charge in [0, 0.05) is 5.69 Å². The maximum atomic E-state index is 13.6. The van der Waals surface area contributed by atoms with Crippen molar-refractivity contribution >= 4 is 75.1 Å². The standard InChI is InChI=1S/C32H25Cl2N3O3S/c1-20-3-9-23(10-4-20)36-32-37(25-12-5-21(2)6-13-25)31(39)29(41-32)17-22-7-14-26(15-8-22)40-19-30(38)35-24-11-16-27(33)28(34)18-24/h3-18H,19H2,1-2H3,(H,35,38)/b29-17+,36-32?.